The van der Waals surface area contributed by atoms with Gasteiger partial charge in [-0.3, -0.25) is 9.59 Å². The second-order valence-corrected chi connectivity index (χ2v) is 4.69. The molecule has 5 heteroatoms. The highest BCUT2D eigenvalue weighted by Crippen LogP contribution is 1.84. The summed E-state index contributed by atoms with van der Waals surface area (Å²) in [6, 6.07) is 0.360. The van der Waals surface area contributed by atoms with Crippen LogP contribution in [0.4, 0.5) is 0 Å². The lowest BCUT2D eigenvalue weighted by Crippen LogP contribution is -2.34. The van der Waals surface area contributed by atoms with Gasteiger partial charge in [0.2, 0.25) is 11.8 Å². The molecule has 5 nitrogen and oxygen atoms in total. The number of carbonyl (C=O) groups excluding carboxylic acids is 2. The third-order valence-electron chi connectivity index (χ3n) is 1.96. The molecular formula is C12H25N3O2. The molecule has 0 aromatic rings. The van der Waals surface area contributed by atoms with Gasteiger partial charge in [-0.2, -0.15) is 0 Å². The maximum absolute atomic E-state index is 11.3. The zero-order chi connectivity index (χ0) is 13.3. The quantitative estimate of drug-likeness (QED) is 0.541. The average Bonchev–Trinajstić information content (AvgIpc) is 2.14. The fraction of sp³-hybridized carbons (Fsp3) is 0.833. The van der Waals surface area contributed by atoms with Crippen LogP contribution in [0, 0.1) is 0 Å². The molecule has 0 heterocycles. The van der Waals surface area contributed by atoms with Crippen LogP contribution in [0.5, 0.6) is 0 Å². The lowest BCUT2D eigenvalue weighted by Gasteiger charge is -2.10. The van der Waals surface area contributed by atoms with E-state index in [9.17, 15) is 9.59 Å². The normalized spacial score (nSPS) is 10.7. The maximum Gasteiger partial charge on any atom is 0.221 e. The van der Waals surface area contributed by atoms with E-state index in [1.807, 2.05) is 27.7 Å². The molecule has 0 spiro atoms. The fourth-order valence-corrected chi connectivity index (χ4v) is 1.32. The Labute approximate surface area is 104 Å². The van der Waals surface area contributed by atoms with Gasteiger partial charge < -0.3 is 16.0 Å². The van der Waals surface area contributed by atoms with Crippen LogP contribution in [0.15, 0.2) is 0 Å². The molecule has 0 fully saturated rings. The predicted octanol–water partition coefficient (Wildman–Crippen LogP) is 0.405. The van der Waals surface area contributed by atoms with Gasteiger partial charge in [-0.25, -0.2) is 0 Å². The van der Waals surface area contributed by atoms with Crippen LogP contribution in [-0.2, 0) is 9.59 Å². The third kappa shape index (κ3) is 11.2. The minimum atomic E-state index is 0.0409. The van der Waals surface area contributed by atoms with Crippen LogP contribution in [0.3, 0.4) is 0 Å². The van der Waals surface area contributed by atoms with Gasteiger partial charge in [0.15, 0.2) is 0 Å². The first-order chi connectivity index (χ1) is 7.91. The minimum absolute atomic E-state index is 0.0409. The van der Waals surface area contributed by atoms with Gasteiger partial charge in [0.25, 0.3) is 0 Å². The molecule has 2 amide bonds. The minimum Gasteiger partial charge on any atom is -0.354 e. The SMILES string of the molecule is CC(C)NC(=O)CCNCCC(=O)NC(C)C. The lowest BCUT2D eigenvalue weighted by atomic mass is 10.3. The highest BCUT2D eigenvalue weighted by atomic mass is 16.2. The van der Waals surface area contributed by atoms with Gasteiger partial charge in [-0.05, 0) is 27.7 Å². The Morgan fingerprint density at radius 1 is 0.824 bits per heavy atom. The summed E-state index contributed by atoms with van der Waals surface area (Å²) >= 11 is 0. The van der Waals surface area contributed by atoms with Crippen molar-refractivity contribution in [1.82, 2.24) is 16.0 Å². The van der Waals surface area contributed by atoms with Gasteiger partial charge in [0.05, 0.1) is 0 Å². The highest BCUT2D eigenvalue weighted by Gasteiger charge is 2.04. The Morgan fingerprint density at radius 2 is 1.18 bits per heavy atom. The smallest absolute Gasteiger partial charge is 0.221 e. The van der Waals surface area contributed by atoms with E-state index in [-0.39, 0.29) is 23.9 Å². The molecule has 17 heavy (non-hydrogen) atoms. The molecule has 3 N–H and O–H groups in total. The van der Waals surface area contributed by atoms with Gasteiger partial charge in [-0.15, -0.1) is 0 Å². The standard InChI is InChI=1S/C12H25N3O2/c1-9(2)14-11(16)5-7-13-8-6-12(17)15-10(3)4/h9-10,13H,5-8H2,1-4H3,(H,14,16)(H,15,17). The van der Waals surface area contributed by atoms with Gasteiger partial charge in [-0.1, -0.05) is 0 Å². The van der Waals surface area contributed by atoms with Crippen molar-refractivity contribution in [3.05, 3.63) is 0 Å². The molecule has 0 saturated heterocycles. The van der Waals surface area contributed by atoms with Crippen LogP contribution in [-0.4, -0.2) is 37.0 Å². The molecule has 0 aliphatic heterocycles. The van der Waals surface area contributed by atoms with Crippen molar-refractivity contribution in [2.24, 2.45) is 0 Å². The van der Waals surface area contributed by atoms with Crippen LogP contribution in [0.25, 0.3) is 0 Å². The second-order valence-electron chi connectivity index (χ2n) is 4.69. The van der Waals surface area contributed by atoms with Gasteiger partial charge in [0, 0.05) is 38.0 Å². The Kier molecular flexibility index (Phi) is 8.40. The maximum atomic E-state index is 11.3. The lowest BCUT2D eigenvalue weighted by molar-refractivity contribution is -0.121. The van der Waals surface area contributed by atoms with Crippen molar-refractivity contribution in [1.29, 1.82) is 0 Å². The molecule has 0 radical (unpaired) electrons. The predicted molar refractivity (Wildman–Crippen MR) is 68.7 cm³/mol. The van der Waals surface area contributed by atoms with Crippen LogP contribution in [0.2, 0.25) is 0 Å². The molecule has 0 bridgehead atoms. The molecule has 100 valence electrons. The number of hydrogen-bond donors (Lipinski definition) is 3. The zero-order valence-electron chi connectivity index (χ0n) is 11.3. The van der Waals surface area contributed by atoms with Gasteiger partial charge >= 0.3 is 0 Å². The highest BCUT2D eigenvalue weighted by molar-refractivity contribution is 5.77. The molecule has 0 rings (SSSR count). The summed E-state index contributed by atoms with van der Waals surface area (Å²) in [7, 11) is 0. The molecular weight excluding hydrogens is 218 g/mol. The van der Waals surface area contributed by atoms with Crippen molar-refractivity contribution >= 4 is 11.8 Å². The van der Waals surface area contributed by atoms with Crippen molar-refractivity contribution in [2.45, 2.75) is 52.6 Å². The first-order valence-electron chi connectivity index (χ1n) is 6.21. The van der Waals surface area contributed by atoms with E-state index in [0.717, 1.165) is 0 Å². The average molecular weight is 243 g/mol. The third-order valence-corrected chi connectivity index (χ3v) is 1.96. The van der Waals surface area contributed by atoms with E-state index in [0.29, 0.717) is 25.9 Å². The number of hydrogen-bond acceptors (Lipinski definition) is 3. The zero-order valence-corrected chi connectivity index (χ0v) is 11.3. The fourth-order valence-electron chi connectivity index (χ4n) is 1.32. The second kappa shape index (κ2) is 8.98. The molecule has 0 aromatic carbocycles. The van der Waals surface area contributed by atoms with Crippen LogP contribution < -0.4 is 16.0 Å². The van der Waals surface area contributed by atoms with E-state index in [1.54, 1.807) is 0 Å². The molecule has 0 saturated carbocycles. The Bertz CT molecular complexity index is 216. The van der Waals surface area contributed by atoms with Crippen LogP contribution in [0.1, 0.15) is 40.5 Å². The topological polar surface area (TPSA) is 70.2 Å². The molecule has 0 unspecified atom stereocenters. The van der Waals surface area contributed by atoms with Crippen molar-refractivity contribution in [3.63, 3.8) is 0 Å². The first-order valence-corrected chi connectivity index (χ1v) is 6.21. The monoisotopic (exact) mass is 243 g/mol. The summed E-state index contributed by atoms with van der Waals surface area (Å²) in [5.41, 5.74) is 0. The van der Waals surface area contributed by atoms with Gasteiger partial charge in [0.1, 0.15) is 0 Å². The Morgan fingerprint density at radius 3 is 1.47 bits per heavy atom. The van der Waals surface area contributed by atoms with Crippen molar-refractivity contribution in [3.8, 4) is 0 Å². The van der Waals surface area contributed by atoms with Crippen molar-refractivity contribution in [2.75, 3.05) is 13.1 Å². The van der Waals surface area contributed by atoms with Crippen molar-refractivity contribution < 1.29 is 9.59 Å². The van der Waals surface area contributed by atoms with E-state index >= 15 is 0 Å². The van der Waals surface area contributed by atoms with E-state index in [4.69, 9.17) is 0 Å². The molecule has 0 aliphatic carbocycles. The summed E-state index contributed by atoms with van der Waals surface area (Å²) in [6.45, 7) is 8.94. The summed E-state index contributed by atoms with van der Waals surface area (Å²) in [5.74, 6) is 0.0817. The van der Waals surface area contributed by atoms with E-state index < -0.39 is 0 Å². The van der Waals surface area contributed by atoms with Crippen LogP contribution >= 0.6 is 0 Å². The summed E-state index contributed by atoms with van der Waals surface area (Å²) < 4.78 is 0. The number of rotatable bonds is 8. The van der Waals surface area contributed by atoms with E-state index in [2.05, 4.69) is 16.0 Å². The summed E-state index contributed by atoms with van der Waals surface area (Å²) in [6.07, 6.45) is 0.897. The Balaban J connectivity index is 3.40. The molecule has 0 atom stereocenters. The molecule has 0 aliphatic rings. The Hall–Kier alpha value is -1.10. The summed E-state index contributed by atoms with van der Waals surface area (Å²) in [5, 5.41) is 8.69. The molecule has 0 aromatic heterocycles. The number of nitrogens with one attached hydrogen (secondary N) is 3. The largest absolute Gasteiger partial charge is 0.354 e. The summed E-state index contributed by atoms with van der Waals surface area (Å²) in [4.78, 5) is 22.5. The number of amides is 2. The van der Waals surface area contributed by atoms with E-state index in [1.165, 1.54) is 0 Å². The first kappa shape index (κ1) is 15.9. The number of carbonyl (C=O) groups is 2.